The molecule has 0 aliphatic carbocycles. The van der Waals surface area contributed by atoms with Gasteiger partial charge in [0.1, 0.15) is 0 Å². The predicted octanol–water partition coefficient (Wildman–Crippen LogP) is -0.111. The normalized spacial score (nSPS) is 19.2. The Balaban J connectivity index is 2.22. The number of allylic oxidation sites excluding steroid dienone is 1. The van der Waals surface area contributed by atoms with Crippen LogP contribution in [0, 0.1) is 0 Å². The molecule has 4 heteroatoms. The fourth-order valence-electron chi connectivity index (χ4n) is 1.19. The van der Waals surface area contributed by atoms with Crippen molar-refractivity contribution < 1.29 is 4.79 Å². The minimum atomic E-state index is -0.0243. The topological polar surface area (TPSA) is 44.4 Å². The molecule has 0 bridgehead atoms. The first-order valence-corrected chi connectivity index (χ1v) is 4.75. The number of hydrazine groups is 1. The van der Waals surface area contributed by atoms with E-state index < -0.39 is 0 Å². The largest absolute Gasteiger partial charge is 0.314 e. The quantitative estimate of drug-likeness (QED) is 0.600. The van der Waals surface area contributed by atoms with Crippen LogP contribution in [0.25, 0.3) is 0 Å². The van der Waals surface area contributed by atoms with Gasteiger partial charge in [-0.05, 0) is 6.42 Å². The van der Waals surface area contributed by atoms with E-state index in [2.05, 4.69) is 10.7 Å². The van der Waals surface area contributed by atoms with Crippen LogP contribution < -0.4 is 10.7 Å². The summed E-state index contributed by atoms with van der Waals surface area (Å²) in [6, 6.07) is 0. The highest BCUT2D eigenvalue weighted by atomic mass is 16.2. The van der Waals surface area contributed by atoms with E-state index >= 15 is 0 Å². The van der Waals surface area contributed by atoms with E-state index in [-0.39, 0.29) is 5.91 Å². The molecule has 0 saturated carbocycles. The lowest BCUT2D eigenvalue weighted by atomic mass is 10.4. The Hall–Kier alpha value is -0.870. The fraction of sp³-hybridized carbons (Fsp3) is 0.667. The van der Waals surface area contributed by atoms with Crippen molar-refractivity contribution in [1.82, 2.24) is 15.8 Å². The Morgan fingerprint density at radius 2 is 2.23 bits per heavy atom. The lowest BCUT2D eigenvalue weighted by Crippen LogP contribution is -2.51. The number of nitrogens with zero attached hydrogens (tertiary/aromatic N) is 1. The summed E-state index contributed by atoms with van der Waals surface area (Å²) >= 11 is 0. The summed E-state index contributed by atoms with van der Waals surface area (Å²) in [4.78, 5) is 11.2. The Kier molecular flexibility index (Phi) is 4.49. The van der Waals surface area contributed by atoms with Crippen LogP contribution in [0.1, 0.15) is 13.3 Å². The zero-order chi connectivity index (χ0) is 9.52. The number of carbonyl (C=O) groups is 1. The van der Waals surface area contributed by atoms with Crippen LogP contribution in [0.2, 0.25) is 0 Å². The van der Waals surface area contributed by atoms with Gasteiger partial charge in [0.25, 0.3) is 5.91 Å². The molecular formula is C9H17N3O. The monoisotopic (exact) mass is 183 g/mol. The summed E-state index contributed by atoms with van der Waals surface area (Å²) in [6.45, 7) is 5.65. The first-order valence-electron chi connectivity index (χ1n) is 4.75. The molecule has 1 saturated heterocycles. The Morgan fingerprint density at radius 3 is 2.85 bits per heavy atom. The van der Waals surface area contributed by atoms with Gasteiger partial charge in [-0.1, -0.05) is 13.0 Å². The standard InChI is InChI=1S/C9H17N3O/c1-2-3-4-9(13)11-12-7-5-10-6-8-12/h3-4,10H,2,5-8H2,1H3,(H,11,13). The van der Waals surface area contributed by atoms with E-state index in [1.165, 1.54) is 0 Å². The molecule has 0 unspecified atom stereocenters. The van der Waals surface area contributed by atoms with E-state index in [9.17, 15) is 4.79 Å². The smallest absolute Gasteiger partial charge is 0.257 e. The zero-order valence-corrected chi connectivity index (χ0v) is 8.05. The highest BCUT2D eigenvalue weighted by Crippen LogP contribution is 1.87. The highest BCUT2D eigenvalue weighted by Gasteiger charge is 2.09. The summed E-state index contributed by atoms with van der Waals surface area (Å²) in [5.41, 5.74) is 2.82. The molecule has 0 spiro atoms. The summed E-state index contributed by atoms with van der Waals surface area (Å²) in [6.07, 6.45) is 4.34. The molecule has 1 rings (SSSR count). The van der Waals surface area contributed by atoms with E-state index in [0.717, 1.165) is 32.6 Å². The molecule has 1 aliphatic rings. The highest BCUT2D eigenvalue weighted by molar-refractivity contribution is 5.86. The minimum Gasteiger partial charge on any atom is -0.314 e. The van der Waals surface area contributed by atoms with Crippen LogP contribution in [0.3, 0.4) is 0 Å². The summed E-state index contributed by atoms with van der Waals surface area (Å²) < 4.78 is 0. The van der Waals surface area contributed by atoms with Gasteiger partial charge in [0.15, 0.2) is 0 Å². The molecule has 0 radical (unpaired) electrons. The van der Waals surface area contributed by atoms with E-state index in [4.69, 9.17) is 0 Å². The Morgan fingerprint density at radius 1 is 1.54 bits per heavy atom. The molecule has 1 heterocycles. The molecule has 13 heavy (non-hydrogen) atoms. The maximum absolute atomic E-state index is 11.2. The van der Waals surface area contributed by atoms with Crippen LogP contribution in [0.5, 0.6) is 0 Å². The number of amides is 1. The second kappa shape index (κ2) is 5.72. The van der Waals surface area contributed by atoms with Gasteiger partial charge < -0.3 is 5.32 Å². The molecule has 0 aromatic rings. The molecule has 2 N–H and O–H groups in total. The molecule has 4 nitrogen and oxygen atoms in total. The average Bonchev–Trinajstić information content (AvgIpc) is 2.16. The third-order valence-electron chi connectivity index (χ3n) is 1.89. The zero-order valence-electron chi connectivity index (χ0n) is 8.05. The fourth-order valence-corrected chi connectivity index (χ4v) is 1.19. The summed E-state index contributed by atoms with van der Waals surface area (Å²) in [5, 5.41) is 5.16. The van der Waals surface area contributed by atoms with Gasteiger partial charge in [-0.25, -0.2) is 5.01 Å². The van der Waals surface area contributed by atoms with Crippen molar-refractivity contribution in [2.24, 2.45) is 0 Å². The van der Waals surface area contributed by atoms with Gasteiger partial charge in [0.05, 0.1) is 0 Å². The van der Waals surface area contributed by atoms with Crippen molar-refractivity contribution in [2.75, 3.05) is 26.2 Å². The van der Waals surface area contributed by atoms with Gasteiger partial charge in [-0.15, -0.1) is 0 Å². The van der Waals surface area contributed by atoms with Crippen molar-refractivity contribution in [3.63, 3.8) is 0 Å². The Bertz CT molecular complexity index is 185. The van der Waals surface area contributed by atoms with Crippen LogP contribution >= 0.6 is 0 Å². The maximum Gasteiger partial charge on any atom is 0.257 e. The van der Waals surface area contributed by atoms with E-state index in [0.29, 0.717) is 0 Å². The van der Waals surface area contributed by atoms with Gasteiger partial charge in [-0.3, -0.25) is 10.2 Å². The molecule has 0 aromatic heterocycles. The lowest BCUT2D eigenvalue weighted by molar-refractivity contribution is -0.121. The molecule has 0 aromatic carbocycles. The van der Waals surface area contributed by atoms with Crippen LogP contribution in [-0.2, 0) is 4.79 Å². The van der Waals surface area contributed by atoms with Gasteiger partial charge in [-0.2, -0.15) is 0 Å². The van der Waals surface area contributed by atoms with Crippen molar-refractivity contribution in [3.8, 4) is 0 Å². The van der Waals surface area contributed by atoms with Gasteiger partial charge in [0.2, 0.25) is 0 Å². The molecule has 0 atom stereocenters. The first kappa shape index (κ1) is 10.2. The molecule has 1 amide bonds. The van der Waals surface area contributed by atoms with Crippen molar-refractivity contribution in [2.45, 2.75) is 13.3 Å². The average molecular weight is 183 g/mol. The third-order valence-corrected chi connectivity index (χ3v) is 1.89. The minimum absolute atomic E-state index is 0.0243. The predicted molar refractivity (Wildman–Crippen MR) is 52.0 cm³/mol. The second-order valence-corrected chi connectivity index (χ2v) is 3.02. The number of piperazine rings is 1. The van der Waals surface area contributed by atoms with Crippen LogP contribution in [-0.4, -0.2) is 37.1 Å². The third kappa shape index (κ3) is 4.05. The van der Waals surface area contributed by atoms with Crippen molar-refractivity contribution in [3.05, 3.63) is 12.2 Å². The van der Waals surface area contributed by atoms with Gasteiger partial charge >= 0.3 is 0 Å². The lowest BCUT2D eigenvalue weighted by Gasteiger charge is -2.26. The van der Waals surface area contributed by atoms with Crippen molar-refractivity contribution in [1.29, 1.82) is 0 Å². The number of hydrogen-bond donors (Lipinski definition) is 2. The molecular weight excluding hydrogens is 166 g/mol. The maximum atomic E-state index is 11.2. The SMILES string of the molecule is CCC=CC(=O)NN1CCNCC1. The van der Waals surface area contributed by atoms with Gasteiger partial charge in [0, 0.05) is 32.3 Å². The number of carbonyl (C=O) groups excluding carboxylic acids is 1. The number of nitrogens with one attached hydrogen (secondary N) is 2. The number of rotatable bonds is 3. The van der Waals surface area contributed by atoms with E-state index in [1.807, 2.05) is 18.0 Å². The Labute approximate surface area is 79.0 Å². The van der Waals surface area contributed by atoms with E-state index in [1.54, 1.807) is 6.08 Å². The first-order chi connectivity index (χ1) is 6.33. The molecule has 1 aliphatic heterocycles. The molecule has 1 fully saturated rings. The number of hydrogen-bond acceptors (Lipinski definition) is 3. The molecule has 74 valence electrons. The second-order valence-electron chi connectivity index (χ2n) is 3.02. The summed E-state index contributed by atoms with van der Waals surface area (Å²) in [5.74, 6) is -0.0243. The van der Waals surface area contributed by atoms with Crippen LogP contribution in [0.15, 0.2) is 12.2 Å². The van der Waals surface area contributed by atoms with Crippen molar-refractivity contribution >= 4 is 5.91 Å². The summed E-state index contributed by atoms with van der Waals surface area (Å²) in [7, 11) is 0. The van der Waals surface area contributed by atoms with Crippen LogP contribution in [0.4, 0.5) is 0 Å².